The number of nitrogens with zero attached hydrogens (tertiary/aromatic N) is 4. The number of fused-ring (bicyclic) bond motifs is 1. The standard InChI is InChI=1S/C12H7N5O6/c18-10-11(19)16(12(20)21)7-4-8(15-2-1-13-5-15)9(17(22)23)3-6(7)14-10/h1-5H,(H,14,18)(H,20,21). The average Bonchev–Trinajstić information content (AvgIpc) is 3.01. The van der Waals surface area contributed by atoms with E-state index in [0.29, 0.717) is 0 Å². The Bertz CT molecular complexity index is 1060. The maximum Gasteiger partial charge on any atom is 0.419 e. The minimum absolute atomic E-state index is 0.00134. The van der Waals surface area contributed by atoms with E-state index in [-0.39, 0.29) is 27.0 Å². The molecule has 0 aliphatic rings. The molecule has 0 saturated carbocycles. The molecule has 1 aromatic carbocycles. The van der Waals surface area contributed by atoms with E-state index in [0.717, 1.165) is 12.1 Å². The van der Waals surface area contributed by atoms with Crippen molar-refractivity contribution in [2.45, 2.75) is 0 Å². The average molecular weight is 317 g/mol. The second-order valence-corrected chi connectivity index (χ2v) is 4.46. The first kappa shape index (κ1) is 14.2. The van der Waals surface area contributed by atoms with Crippen molar-refractivity contribution < 1.29 is 14.8 Å². The first-order valence-corrected chi connectivity index (χ1v) is 6.09. The third-order valence-electron chi connectivity index (χ3n) is 3.15. The van der Waals surface area contributed by atoms with Crippen molar-refractivity contribution >= 4 is 22.8 Å². The fraction of sp³-hybridized carbons (Fsp3) is 0. The van der Waals surface area contributed by atoms with Crippen molar-refractivity contribution in [2.75, 3.05) is 0 Å². The third-order valence-corrected chi connectivity index (χ3v) is 3.15. The number of hydrogen-bond acceptors (Lipinski definition) is 6. The highest BCUT2D eigenvalue weighted by atomic mass is 16.6. The molecule has 3 aromatic rings. The number of hydrogen-bond donors (Lipinski definition) is 2. The molecular formula is C12H7N5O6. The van der Waals surface area contributed by atoms with E-state index in [1.54, 1.807) is 0 Å². The Kier molecular flexibility index (Phi) is 3.03. The summed E-state index contributed by atoms with van der Waals surface area (Å²) in [6.45, 7) is 0. The maximum atomic E-state index is 11.7. The number of nitro benzene ring substituents is 1. The fourth-order valence-corrected chi connectivity index (χ4v) is 2.18. The Labute approximate surface area is 125 Å². The van der Waals surface area contributed by atoms with Crippen molar-refractivity contribution in [3.8, 4) is 5.69 Å². The summed E-state index contributed by atoms with van der Waals surface area (Å²) in [5.74, 6) is 0. The van der Waals surface area contributed by atoms with Crippen LogP contribution < -0.4 is 11.1 Å². The summed E-state index contributed by atoms with van der Waals surface area (Å²) in [6.07, 6.45) is 2.41. The summed E-state index contributed by atoms with van der Waals surface area (Å²) < 4.78 is 1.53. The maximum absolute atomic E-state index is 11.7. The molecule has 0 bridgehead atoms. The molecule has 2 heterocycles. The van der Waals surface area contributed by atoms with Gasteiger partial charge in [-0.3, -0.25) is 19.7 Å². The molecule has 2 aromatic heterocycles. The zero-order valence-corrected chi connectivity index (χ0v) is 11.2. The predicted molar refractivity (Wildman–Crippen MR) is 76.0 cm³/mol. The summed E-state index contributed by atoms with van der Waals surface area (Å²) in [6, 6.07) is 2.12. The molecule has 2 N–H and O–H groups in total. The molecule has 0 radical (unpaired) electrons. The van der Waals surface area contributed by atoms with E-state index in [4.69, 9.17) is 5.11 Å². The van der Waals surface area contributed by atoms with Gasteiger partial charge in [0.25, 0.3) is 5.69 Å². The number of nitrogens with one attached hydrogen (secondary N) is 1. The van der Waals surface area contributed by atoms with Crippen LogP contribution in [0, 0.1) is 10.1 Å². The van der Waals surface area contributed by atoms with Crippen molar-refractivity contribution in [1.29, 1.82) is 0 Å². The SMILES string of the molecule is O=C(O)n1c(=O)c(=O)[nH]c2cc([N+](=O)[O-])c(-n3ccnc3)cc21. The van der Waals surface area contributed by atoms with Gasteiger partial charge in [-0.25, -0.2) is 14.3 Å². The van der Waals surface area contributed by atoms with Crippen LogP contribution >= 0.6 is 0 Å². The third kappa shape index (κ3) is 2.16. The molecule has 0 saturated heterocycles. The van der Waals surface area contributed by atoms with E-state index < -0.39 is 22.1 Å². The molecule has 0 fully saturated rings. The van der Waals surface area contributed by atoms with E-state index in [2.05, 4.69) is 9.97 Å². The topological polar surface area (TPSA) is 153 Å². The van der Waals surface area contributed by atoms with Crippen LogP contribution in [0.5, 0.6) is 0 Å². The summed E-state index contributed by atoms with van der Waals surface area (Å²) >= 11 is 0. The highest BCUT2D eigenvalue weighted by molar-refractivity contribution is 5.88. The number of aromatic nitrogens is 4. The van der Waals surface area contributed by atoms with Crippen LogP contribution in [0.1, 0.15) is 0 Å². The largest absolute Gasteiger partial charge is 0.464 e. The smallest absolute Gasteiger partial charge is 0.419 e. The number of benzene rings is 1. The van der Waals surface area contributed by atoms with Crippen molar-refractivity contribution in [2.24, 2.45) is 0 Å². The van der Waals surface area contributed by atoms with Crippen LogP contribution in [0.25, 0.3) is 16.7 Å². The first-order chi connectivity index (χ1) is 10.9. The summed E-state index contributed by atoms with van der Waals surface area (Å²) in [5, 5.41) is 20.4. The lowest BCUT2D eigenvalue weighted by Gasteiger charge is -2.08. The molecule has 3 rings (SSSR count). The fourth-order valence-electron chi connectivity index (χ4n) is 2.18. The Morgan fingerprint density at radius 3 is 2.65 bits per heavy atom. The quantitative estimate of drug-likeness (QED) is 0.391. The van der Waals surface area contributed by atoms with Crippen LogP contribution in [0.3, 0.4) is 0 Å². The van der Waals surface area contributed by atoms with Crippen LogP contribution in [-0.4, -0.2) is 35.2 Å². The van der Waals surface area contributed by atoms with Gasteiger partial charge < -0.3 is 14.7 Å². The molecule has 23 heavy (non-hydrogen) atoms. The lowest BCUT2D eigenvalue weighted by molar-refractivity contribution is -0.384. The van der Waals surface area contributed by atoms with Gasteiger partial charge in [0.1, 0.15) is 5.69 Å². The summed E-state index contributed by atoms with van der Waals surface area (Å²) in [7, 11) is 0. The molecule has 11 heteroatoms. The number of aromatic amines is 1. The van der Waals surface area contributed by atoms with Gasteiger partial charge in [0.05, 0.1) is 22.3 Å². The number of rotatable bonds is 2. The van der Waals surface area contributed by atoms with Crippen molar-refractivity contribution in [1.82, 2.24) is 19.1 Å². The van der Waals surface area contributed by atoms with Crippen molar-refractivity contribution in [3.63, 3.8) is 0 Å². The second-order valence-electron chi connectivity index (χ2n) is 4.46. The zero-order valence-electron chi connectivity index (χ0n) is 11.2. The van der Waals surface area contributed by atoms with Gasteiger partial charge in [-0.05, 0) is 6.07 Å². The highest BCUT2D eigenvalue weighted by Gasteiger charge is 2.21. The highest BCUT2D eigenvalue weighted by Crippen LogP contribution is 2.27. The number of imidazole rings is 1. The van der Waals surface area contributed by atoms with Gasteiger partial charge in [0.2, 0.25) is 0 Å². The summed E-state index contributed by atoms with van der Waals surface area (Å²) in [5.41, 5.74) is -3.20. The van der Waals surface area contributed by atoms with E-state index in [9.17, 15) is 24.5 Å². The minimum Gasteiger partial charge on any atom is -0.464 e. The van der Waals surface area contributed by atoms with Gasteiger partial charge in [-0.1, -0.05) is 0 Å². The first-order valence-electron chi connectivity index (χ1n) is 6.09. The normalized spacial score (nSPS) is 10.8. The van der Waals surface area contributed by atoms with Gasteiger partial charge in [-0.2, -0.15) is 0 Å². The minimum atomic E-state index is -1.67. The number of nitro groups is 1. The van der Waals surface area contributed by atoms with Crippen LogP contribution in [-0.2, 0) is 0 Å². The Morgan fingerprint density at radius 2 is 2.09 bits per heavy atom. The molecule has 0 aliphatic heterocycles. The number of H-pyrrole nitrogens is 1. The molecule has 0 spiro atoms. The van der Waals surface area contributed by atoms with Gasteiger partial charge in [0, 0.05) is 18.5 Å². The van der Waals surface area contributed by atoms with Crippen LogP contribution in [0.15, 0.2) is 40.4 Å². The second kappa shape index (κ2) is 4.91. The number of carboxylic acid groups (broad SMARTS) is 1. The van der Waals surface area contributed by atoms with Gasteiger partial charge >= 0.3 is 17.2 Å². The summed E-state index contributed by atoms with van der Waals surface area (Å²) in [4.78, 5) is 50.9. The molecule has 0 amide bonds. The van der Waals surface area contributed by atoms with Crippen molar-refractivity contribution in [3.05, 3.63) is 61.7 Å². The molecule has 0 aliphatic carbocycles. The molecule has 11 nitrogen and oxygen atoms in total. The van der Waals surface area contributed by atoms with E-state index in [1.807, 2.05) is 0 Å². The predicted octanol–water partition coefficient (Wildman–Crippen LogP) is 0.310. The Hall–Kier alpha value is -3.76. The Balaban J connectivity index is 2.52. The molecule has 116 valence electrons. The number of carbonyl (C=O) groups is 1. The van der Waals surface area contributed by atoms with Crippen LogP contribution in [0.2, 0.25) is 0 Å². The lowest BCUT2D eigenvalue weighted by atomic mass is 10.2. The van der Waals surface area contributed by atoms with E-state index >= 15 is 0 Å². The zero-order chi connectivity index (χ0) is 16.7. The van der Waals surface area contributed by atoms with Gasteiger partial charge in [-0.15, -0.1) is 0 Å². The monoisotopic (exact) mass is 317 g/mol. The molecule has 0 atom stereocenters. The molecule has 0 unspecified atom stereocenters. The molecular weight excluding hydrogens is 310 g/mol. The van der Waals surface area contributed by atoms with Crippen LogP contribution in [0.4, 0.5) is 10.5 Å². The Morgan fingerprint density at radius 1 is 1.35 bits per heavy atom. The lowest BCUT2D eigenvalue weighted by Crippen LogP contribution is -2.39. The van der Waals surface area contributed by atoms with Gasteiger partial charge in [0.15, 0.2) is 0 Å². The van der Waals surface area contributed by atoms with E-state index in [1.165, 1.54) is 23.3 Å².